The van der Waals surface area contributed by atoms with Crippen LogP contribution in [0.1, 0.15) is 12.5 Å². The first-order valence-electron chi connectivity index (χ1n) is 5.12. The first kappa shape index (κ1) is 14.8. The summed E-state index contributed by atoms with van der Waals surface area (Å²) >= 11 is 11.7. The van der Waals surface area contributed by atoms with Crippen LogP contribution in [0.3, 0.4) is 0 Å². The molecule has 0 aliphatic heterocycles. The Balaban J connectivity index is 2.55. The van der Waals surface area contributed by atoms with Crippen LogP contribution >= 0.6 is 23.2 Å². The van der Waals surface area contributed by atoms with Crippen LogP contribution < -0.4 is 5.32 Å². The summed E-state index contributed by atoms with van der Waals surface area (Å²) in [5, 5.41) is 4.26. The van der Waals surface area contributed by atoms with Gasteiger partial charge in [0.15, 0.2) is 0 Å². The Bertz CT molecular complexity index is 468. The van der Waals surface area contributed by atoms with E-state index in [-0.39, 0.29) is 11.8 Å². The molecule has 0 aromatic heterocycles. The topological polar surface area (TPSA) is 46.2 Å². The molecule has 0 heterocycles. The Morgan fingerprint density at radius 2 is 1.76 bits per heavy atom. The van der Waals surface area contributed by atoms with Gasteiger partial charge in [-0.3, -0.25) is 0 Å². The van der Waals surface area contributed by atoms with Crippen molar-refractivity contribution in [2.45, 2.75) is 19.5 Å². The molecule has 0 saturated carbocycles. The fourth-order valence-corrected chi connectivity index (χ4v) is 3.12. The maximum atomic E-state index is 11.1. The summed E-state index contributed by atoms with van der Waals surface area (Å²) in [6.07, 6.45) is 1.22. The molecule has 17 heavy (non-hydrogen) atoms. The Labute approximate surface area is 112 Å². The van der Waals surface area contributed by atoms with Crippen LogP contribution in [-0.2, 0) is 16.4 Å². The van der Waals surface area contributed by atoms with E-state index in [4.69, 9.17) is 23.2 Å². The molecule has 0 saturated heterocycles. The normalized spacial score (nSPS) is 13.6. The summed E-state index contributed by atoms with van der Waals surface area (Å²) in [4.78, 5) is 0. The smallest absolute Gasteiger partial charge is 0.148 e. The minimum absolute atomic E-state index is 0.109. The average molecular weight is 296 g/mol. The largest absolute Gasteiger partial charge is 0.309 e. The van der Waals surface area contributed by atoms with Gasteiger partial charge in [-0.1, -0.05) is 23.2 Å². The first-order chi connectivity index (χ1) is 7.76. The zero-order valence-corrected chi connectivity index (χ0v) is 12.0. The van der Waals surface area contributed by atoms with Gasteiger partial charge in [0.25, 0.3) is 0 Å². The van der Waals surface area contributed by atoms with Crippen LogP contribution in [0.5, 0.6) is 0 Å². The van der Waals surface area contributed by atoms with Crippen LogP contribution in [-0.4, -0.2) is 26.5 Å². The highest BCUT2D eigenvalue weighted by Gasteiger charge is 2.09. The van der Waals surface area contributed by atoms with Gasteiger partial charge in [0.2, 0.25) is 0 Å². The minimum atomic E-state index is -2.96. The molecule has 96 valence electrons. The molecule has 1 unspecified atom stereocenters. The molecule has 1 rings (SSSR count). The van der Waals surface area contributed by atoms with Crippen molar-refractivity contribution >= 4 is 33.0 Å². The van der Waals surface area contributed by atoms with Gasteiger partial charge in [-0.05, 0) is 30.7 Å². The standard InChI is InChI=1S/C11H15Cl2NO2S/c1-8(7-17(2,15)16)14-6-9-3-10(12)5-11(13)4-9/h3-5,8,14H,6-7H2,1-2H3. The maximum Gasteiger partial charge on any atom is 0.148 e. The lowest BCUT2D eigenvalue weighted by Gasteiger charge is -2.13. The molecule has 0 bridgehead atoms. The van der Waals surface area contributed by atoms with E-state index in [1.807, 2.05) is 6.92 Å². The zero-order valence-electron chi connectivity index (χ0n) is 9.70. The molecule has 1 aromatic carbocycles. The second kappa shape index (κ2) is 6.05. The summed E-state index contributed by atoms with van der Waals surface area (Å²) in [7, 11) is -2.96. The summed E-state index contributed by atoms with van der Waals surface area (Å²) in [6, 6.07) is 5.15. The summed E-state index contributed by atoms with van der Waals surface area (Å²) in [6.45, 7) is 2.37. The van der Waals surface area contributed by atoms with E-state index < -0.39 is 9.84 Å². The number of halogens is 2. The van der Waals surface area contributed by atoms with E-state index in [9.17, 15) is 8.42 Å². The molecule has 6 heteroatoms. The summed E-state index contributed by atoms with van der Waals surface area (Å²) in [5.41, 5.74) is 0.933. The van der Waals surface area contributed by atoms with Crippen molar-refractivity contribution in [1.82, 2.24) is 5.32 Å². The highest BCUT2D eigenvalue weighted by molar-refractivity contribution is 7.90. The maximum absolute atomic E-state index is 11.1. The van der Waals surface area contributed by atoms with Gasteiger partial charge in [-0.15, -0.1) is 0 Å². The van der Waals surface area contributed by atoms with Crippen LogP contribution in [0.4, 0.5) is 0 Å². The third kappa shape index (κ3) is 6.27. The Morgan fingerprint density at radius 3 is 2.24 bits per heavy atom. The van der Waals surface area contributed by atoms with Crippen LogP contribution in [0, 0.1) is 0 Å². The van der Waals surface area contributed by atoms with E-state index >= 15 is 0 Å². The van der Waals surface area contributed by atoms with Gasteiger partial charge < -0.3 is 5.32 Å². The molecule has 0 fully saturated rings. The minimum Gasteiger partial charge on any atom is -0.309 e. The Morgan fingerprint density at radius 1 is 1.24 bits per heavy atom. The van der Waals surface area contributed by atoms with Crippen LogP contribution in [0.25, 0.3) is 0 Å². The first-order valence-corrected chi connectivity index (χ1v) is 7.94. The quantitative estimate of drug-likeness (QED) is 0.908. The van der Waals surface area contributed by atoms with Gasteiger partial charge in [0.05, 0.1) is 5.75 Å². The molecule has 0 spiro atoms. The Kier molecular flexibility index (Phi) is 5.25. The molecule has 0 aliphatic carbocycles. The highest BCUT2D eigenvalue weighted by atomic mass is 35.5. The Hall–Kier alpha value is -0.290. The number of hydrogen-bond acceptors (Lipinski definition) is 3. The monoisotopic (exact) mass is 295 g/mol. The predicted molar refractivity (Wildman–Crippen MR) is 72.5 cm³/mol. The van der Waals surface area contributed by atoms with Crippen molar-refractivity contribution < 1.29 is 8.42 Å². The number of rotatable bonds is 5. The molecule has 0 aliphatic rings. The predicted octanol–water partition coefficient (Wildman–Crippen LogP) is 2.52. The van der Waals surface area contributed by atoms with Crippen molar-refractivity contribution in [3.63, 3.8) is 0 Å². The van der Waals surface area contributed by atoms with E-state index in [0.717, 1.165) is 5.56 Å². The van der Waals surface area contributed by atoms with Crippen molar-refractivity contribution in [3.8, 4) is 0 Å². The summed E-state index contributed by atoms with van der Waals surface area (Å²) in [5.74, 6) is 0.112. The van der Waals surface area contributed by atoms with Gasteiger partial charge in [-0.2, -0.15) is 0 Å². The second-order valence-electron chi connectivity index (χ2n) is 4.15. The lowest BCUT2D eigenvalue weighted by molar-refractivity contribution is 0.560. The molecule has 1 aromatic rings. The lowest BCUT2D eigenvalue weighted by atomic mass is 10.2. The lowest BCUT2D eigenvalue weighted by Crippen LogP contribution is -2.32. The zero-order chi connectivity index (χ0) is 13.1. The fraction of sp³-hybridized carbons (Fsp3) is 0.455. The van der Waals surface area contributed by atoms with E-state index in [0.29, 0.717) is 16.6 Å². The van der Waals surface area contributed by atoms with E-state index in [1.54, 1.807) is 18.2 Å². The number of hydrogen-bond donors (Lipinski definition) is 1. The molecule has 0 radical (unpaired) electrons. The molecule has 1 atom stereocenters. The van der Waals surface area contributed by atoms with E-state index in [2.05, 4.69) is 5.32 Å². The molecule has 1 N–H and O–H groups in total. The van der Waals surface area contributed by atoms with Crippen molar-refractivity contribution in [2.75, 3.05) is 12.0 Å². The van der Waals surface area contributed by atoms with E-state index in [1.165, 1.54) is 6.26 Å². The van der Waals surface area contributed by atoms with Gasteiger partial charge in [-0.25, -0.2) is 8.42 Å². The fourth-order valence-electron chi connectivity index (χ4n) is 1.52. The third-order valence-corrected chi connectivity index (χ3v) is 3.67. The number of benzene rings is 1. The SMILES string of the molecule is CC(CS(C)(=O)=O)NCc1cc(Cl)cc(Cl)c1. The third-order valence-electron chi connectivity index (χ3n) is 2.13. The number of sulfone groups is 1. The van der Waals surface area contributed by atoms with Gasteiger partial charge >= 0.3 is 0 Å². The molecule has 3 nitrogen and oxygen atoms in total. The second-order valence-corrected chi connectivity index (χ2v) is 7.21. The summed E-state index contributed by atoms with van der Waals surface area (Å²) < 4.78 is 22.2. The molecular weight excluding hydrogens is 281 g/mol. The van der Waals surface area contributed by atoms with Crippen LogP contribution in [0.2, 0.25) is 10.0 Å². The number of nitrogens with one attached hydrogen (secondary N) is 1. The van der Waals surface area contributed by atoms with Crippen molar-refractivity contribution in [3.05, 3.63) is 33.8 Å². The van der Waals surface area contributed by atoms with Crippen molar-refractivity contribution in [1.29, 1.82) is 0 Å². The van der Waals surface area contributed by atoms with Gasteiger partial charge in [0, 0.05) is 28.9 Å². The highest BCUT2D eigenvalue weighted by Crippen LogP contribution is 2.18. The molecular formula is C11H15Cl2NO2S. The molecule has 0 amide bonds. The van der Waals surface area contributed by atoms with Gasteiger partial charge in [0.1, 0.15) is 9.84 Å². The average Bonchev–Trinajstić information content (AvgIpc) is 2.10. The van der Waals surface area contributed by atoms with Crippen molar-refractivity contribution in [2.24, 2.45) is 0 Å². The van der Waals surface area contributed by atoms with Crippen LogP contribution in [0.15, 0.2) is 18.2 Å².